The molecule has 1 rings (SSSR count). The predicted molar refractivity (Wildman–Crippen MR) is 48.1 cm³/mol. The van der Waals surface area contributed by atoms with Crippen LogP contribution in [0.5, 0.6) is 0 Å². The standard InChI is InChI=1S/C7H12N2O4S/c1-7(2,14(3,11)12)6-8-5(4-10)9-13-6/h10H,4H2,1-3H3. The molecular formula is C7H12N2O4S. The molecule has 14 heavy (non-hydrogen) atoms. The predicted octanol–water partition coefficient (Wildman–Crippen LogP) is -0.158. The Morgan fingerprint density at radius 1 is 1.50 bits per heavy atom. The Hall–Kier alpha value is -0.950. The van der Waals surface area contributed by atoms with Gasteiger partial charge in [0.2, 0.25) is 5.89 Å². The van der Waals surface area contributed by atoms with Crippen LogP contribution in [0.4, 0.5) is 0 Å². The minimum Gasteiger partial charge on any atom is -0.388 e. The fourth-order valence-corrected chi connectivity index (χ4v) is 1.12. The topological polar surface area (TPSA) is 93.3 Å². The molecule has 0 atom stereocenters. The van der Waals surface area contributed by atoms with E-state index in [9.17, 15) is 8.42 Å². The maximum Gasteiger partial charge on any atom is 0.247 e. The Bertz CT molecular complexity index is 421. The summed E-state index contributed by atoms with van der Waals surface area (Å²) in [5.74, 6) is 0.0702. The molecule has 0 saturated carbocycles. The number of aliphatic hydroxyl groups excluding tert-OH is 1. The van der Waals surface area contributed by atoms with Gasteiger partial charge in [0.25, 0.3) is 0 Å². The Labute approximate surface area is 81.9 Å². The Balaban J connectivity index is 3.17. The van der Waals surface area contributed by atoms with E-state index in [2.05, 4.69) is 10.1 Å². The van der Waals surface area contributed by atoms with E-state index in [4.69, 9.17) is 9.63 Å². The average molecular weight is 220 g/mol. The molecule has 0 fully saturated rings. The molecule has 0 saturated heterocycles. The van der Waals surface area contributed by atoms with Gasteiger partial charge in [-0.15, -0.1) is 0 Å². The second-order valence-electron chi connectivity index (χ2n) is 3.46. The van der Waals surface area contributed by atoms with E-state index >= 15 is 0 Å². The highest BCUT2D eigenvalue weighted by molar-refractivity contribution is 7.91. The van der Waals surface area contributed by atoms with Crippen LogP contribution in [0.15, 0.2) is 4.52 Å². The third-order valence-corrected chi connectivity index (χ3v) is 4.08. The monoisotopic (exact) mass is 220 g/mol. The fraction of sp³-hybridized carbons (Fsp3) is 0.714. The number of nitrogens with zero attached hydrogens (tertiary/aromatic N) is 2. The largest absolute Gasteiger partial charge is 0.388 e. The fourth-order valence-electron chi connectivity index (χ4n) is 0.721. The molecule has 80 valence electrons. The van der Waals surface area contributed by atoms with Gasteiger partial charge in [-0.3, -0.25) is 0 Å². The summed E-state index contributed by atoms with van der Waals surface area (Å²) in [6, 6.07) is 0. The van der Waals surface area contributed by atoms with Gasteiger partial charge < -0.3 is 9.63 Å². The summed E-state index contributed by atoms with van der Waals surface area (Å²) in [6.45, 7) is 2.57. The summed E-state index contributed by atoms with van der Waals surface area (Å²) in [4.78, 5) is 3.76. The van der Waals surface area contributed by atoms with Crippen molar-refractivity contribution in [2.24, 2.45) is 0 Å². The minimum atomic E-state index is -3.33. The summed E-state index contributed by atoms with van der Waals surface area (Å²) >= 11 is 0. The van der Waals surface area contributed by atoms with Gasteiger partial charge >= 0.3 is 0 Å². The zero-order valence-corrected chi connectivity index (χ0v) is 9.00. The van der Waals surface area contributed by atoms with E-state index in [1.54, 1.807) is 0 Å². The second-order valence-corrected chi connectivity index (χ2v) is 6.02. The van der Waals surface area contributed by atoms with Crippen molar-refractivity contribution in [2.45, 2.75) is 25.2 Å². The second kappa shape index (κ2) is 3.32. The van der Waals surface area contributed by atoms with Crippen molar-refractivity contribution in [3.8, 4) is 0 Å². The Morgan fingerprint density at radius 3 is 2.43 bits per heavy atom. The molecule has 0 unspecified atom stereocenters. The van der Waals surface area contributed by atoms with Gasteiger partial charge in [0.15, 0.2) is 15.7 Å². The highest BCUT2D eigenvalue weighted by Crippen LogP contribution is 2.27. The molecule has 0 aliphatic rings. The molecule has 1 aromatic rings. The molecule has 1 N–H and O–H groups in total. The highest BCUT2D eigenvalue weighted by Gasteiger charge is 2.38. The van der Waals surface area contributed by atoms with E-state index in [0.717, 1.165) is 6.26 Å². The van der Waals surface area contributed by atoms with Gasteiger partial charge in [-0.1, -0.05) is 5.16 Å². The molecule has 0 aliphatic heterocycles. The molecule has 0 aliphatic carbocycles. The molecule has 1 aromatic heterocycles. The Kier molecular flexibility index (Phi) is 2.64. The first-order valence-electron chi connectivity index (χ1n) is 3.92. The molecule has 0 amide bonds. The molecular weight excluding hydrogens is 208 g/mol. The molecule has 0 radical (unpaired) electrons. The smallest absolute Gasteiger partial charge is 0.247 e. The third-order valence-electron chi connectivity index (χ3n) is 2.05. The van der Waals surface area contributed by atoms with Crippen LogP contribution in [0.2, 0.25) is 0 Å². The van der Waals surface area contributed by atoms with Crippen molar-refractivity contribution < 1.29 is 18.0 Å². The summed E-state index contributed by atoms with van der Waals surface area (Å²) < 4.78 is 26.2. The third kappa shape index (κ3) is 1.78. The number of hydrogen-bond acceptors (Lipinski definition) is 6. The molecule has 7 heteroatoms. The molecule has 0 aromatic carbocycles. The lowest BCUT2D eigenvalue weighted by atomic mass is 10.2. The van der Waals surface area contributed by atoms with E-state index in [1.807, 2.05) is 0 Å². The van der Waals surface area contributed by atoms with Crippen molar-refractivity contribution in [3.05, 3.63) is 11.7 Å². The number of aliphatic hydroxyl groups is 1. The maximum absolute atomic E-state index is 11.4. The first-order chi connectivity index (χ1) is 6.29. The van der Waals surface area contributed by atoms with Gasteiger partial charge in [-0.05, 0) is 13.8 Å². The van der Waals surface area contributed by atoms with Crippen molar-refractivity contribution in [2.75, 3.05) is 6.26 Å². The van der Waals surface area contributed by atoms with Crippen molar-refractivity contribution >= 4 is 9.84 Å². The van der Waals surface area contributed by atoms with Gasteiger partial charge in [0.05, 0.1) is 0 Å². The molecule has 1 heterocycles. The average Bonchev–Trinajstić information content (AvgIpc) is 2.49. The molecule has 6 nitrogen and oxygen atoms in total. The first kappa shape index (κ1) is 11.1. The van der Waals surface area contributed by atoms with Crippen LogP contribution in [0, 0.1) is 0 Å². The lowest BCUT2D eigenvalue weighted by Gasteiger charge is -2.16. The van der Waals surface area contributed by atoms with Crippen LogP contribution >= 0.6 is 0 Å². The van der Waals surface area contributed by atoms with Crippen LogP contribution in [0.3, 0.4) is 0 Å². The number of aromatic nitrogens is 2. The van der Waals surface area contributed by atoms with E-state index < -0.39 is 14.6 Å². The summed E-state index contributed by atoms with van der Waals surface area (Å²) in [7, 11) is -3.33. The highest BCUT2D eigenvalue weighted by atomic mass is 32.2. The SMILES string of the molecule is CC(C)(c1nc(CO)no1)S(C)(=O)=O. The van der Waals surface area contributed by atoms with Crippen LogP contribution in [0.25, 0.3) is 0 Å². The number of rotatable bonds is 3. The first-order valence-corrected chi connectivity index (χ1v) is 5.81. The van der Waals surface area contributed by atoms with Gasteiger partial charge in [0, 0.05) is 6.26 Å². The summed E-state index contributed by atoms with van der Waals surface area (Å²) in [6.07, 6.45) is 1.09. The zero-order chi connectivity index (χ0) is 11.0. The number of sulfone groups is 1. The Morgan fingerprint density at radius 2 is 2.07 bits per heavy atom. The van der Waals surface area contributed by atoms with Crippen LogP contribution in [0.1, 0.15) is 25.6 Å². The van der Waals surface area contributed by atoms with Crippen molar-refractivity contribution in [1.82, 2.24) is 10.1 Å². The van der Waals surface area contributed by atoms with Crippen LogP contribution < -0.4 is 0 Å². The number of hydrogen-bond donors (Lipinski definition) is 1. The minimum absolute atomic E-state index is 0.0101. The van der Waals surface area contributed by atoms with Crippen molar-refractivity contribution in [3.63, 3.8) is 0 Å². The van der Waals surface area contributed by atoms with Crippen LogP contribution in [-0.2, 0) is 21.2 Å². The van der Waals surface area contributed by atoms with Crippen LogP contribution in [-0.4, -0.2) is 29.9 Å². The lowest BCUT2D eigenvalue weighted by molar-refractivity contribution is 0.262. The van der Waals surface area contributed by atoms with E-state index in [1.165, 1.54) is 13.8 Å². The van der Waals surface area contributed by atoms with Gasteiger partial charge in [0.1, 0.15) is 11.4 Å². The molecule has 0 spiro atoms. The summed E-state index contributed by atoms with van der Waals surface area (Å²) in [5, 5.41) is 12.1. The maximum atomic E-state index is 11.4. The summed E-state index contributed by atoms with van der Waals surface area (Å²) in [5.41, 5.74) is 0. The molecule has 0 bridgehead atoms. The normalized spacial score (nSPS) is 13.1. The van der Waals surface area contributed by atoms with E-state index in [0.29, 0.717) is 0 Å². The van der Waals surface area contributed by atoms with Gasteiger partial charge in [-0.25, -0.2) is 8.42 Å². The van der Waals surface area contributed by atoms with Crippen molar-refractivity contribution in [1.29, 1.82) is 0 Å². The lowest BCUT2D eigenvalue weighted by Crippen LogP contribution is -2.28. The van der Waals surface area contributed by atoms with E-state index in [-0.39, 0.29) is 18.3 Å². The quantitative estimate of drug-likeness (QED) is 0.760. The van der Waals surface area contributed by atoms with Gasteiger partial charge in [-0.2, -0.15) is 4.98 Å². The zero-order valence-electron chi connectivity index (χ0n) is 8.18.